The molecule has 0 heterocycles. The average molecular weight is 316 g/mol. The SMILES string of the molecule is CC(C)(C)C(O)CNc1ccc([N+](=O)[O-])c(S(C)(=O)=O)c1. The predicted molar refractivity (Wildman–Crippen MR) is 80.2 cm³/mol. The molecule has 0 radical (unpaired) electrons. The topological polar surface area (TPSA) is 110 Å². The molecule has 21 heavy (non-hydrogen) atoms. The van der Waals surface area contributed by atoms with Gasteiger partial charge in [-0.15, -0.1) is 0 Å². The lowest BCUT2D eigenvalue weighted by molar-refractivity contribution is -0.387. The molecule has 1 unspecified atom stereocenters. The molecule has 0 aliphatic rings. The first-order valence-corrected chi connectivity index (χ1v) is 8.22. The van der Waals surface area contributed by atoms with E-state index in [1.54, 1.807) is 0 Å². The van der Waals surface area contributed by atoms with Gasteiger partial charge in [-0.1, -0.05) is 20.8 Å². The van der Waals surface area contributed by atoms with Gasteiger partial charge in [0.25, 0.3) is 5.69 Å². The number of aliphatic hydroxyl groups is 1. The summed E-state index contributed by atoms with van der Waals surface area (Å²) in [6.45, 7) is 5.83. The molecule has 0 aliphatic heterocycles. The monoisotopic (exact) mass is 316 g/mol. The minimum Gasteiger partial charge on any atom is -0.391 e. The van der Waals surface area contributed by atoms with Gasteiger partial charge in [0.2, 0.25) is 0 Å². The van der Waals surface area contributed by atoms with Crippen LogP contribution >= 0.6 is 0 Å². The van der Waals surface area contributed by atoms with Crippen molar-refractivity contribution in [1.29, 1.82) is 0 Å². The van der Waals surface area contributed by atoms with Crippen molar-refractivity contribution >= 4 is 21.2 Å². The van der Waals surface area contributed by atoms with Gasteiger partial charge >= 0.3 is 0 Å². The van der Waals surface area contributed by atoms with Crippen LogP contribution < -0.4 is 5.32 Å². The highest BCUT2D eigenvalue weighted by Crippen LogP contribution is 2.27. The van der Waals surface area contributed by atoms with E-state index in [9.17, 15) is 23.6 Å². The predicted octanol–water partition coefficient (Wildman–Crippen LogP) is 1.82. The van der Waals surface area contributed by atoms with E-state index in [-0.39, 0.29) is 16.9 Å². The lowest BCUT2D eigenvalue weighted by Gasteiger charge is -2.26. The van der Waals surface area contributed by atoms with E-state index in [0.29, 0.717) is 5.69 Å². The summed E-state index contributed by atoms with van der Waals surface area (Å²) in [5.41, 5.74) is -0.378. The molecule has 0 saturated carbocycles. The number of aliphatic hydroxyl groups excluding tert-OH is 1. The molecule has 0 aromatic heterocycles. The highest BCUT2D eigenvalue weighted by atomic mass is 32.2. The van der Waals surface area contributed by atoms with E-state index >= 15 is 0 Å². The number of hydrogen-bond acceptors (Lipinski definition) is 6. The van der Waals surface area contributed by atoms with Crippen LogP contribution in [0.15, 0.2) is 23.1 Å². The quantitative estimate of drug-likeness (QED) is 0.633. The number of nitrogens with one attached hydrogen (secondary N) is 1. The molecule has 2 N–H and O–H groups in total. The Bertz CT molecular complexity index is 634. The maximum Gasteiger partial charge on any atom is 0.288 e. The summed E-state index contributed by atoms with van der Waals surface area (Å²) in [5, 5.41) is 23.7. The Labute approximate surface area is 124 Å². The Kier molecular flexibility index (Phi) is 4.95. The molecule has 0 spiro atoms. The molecule has 1 rings (SSSR count). The maximum absolute atomic E-state index is 11.6. The van der Waals surface area contributed by atoms with Crippen molar-refractivity contribution in [2.24, 2.45) is 5.41 Å². The number of nitro groups is 1. The van der Waals surface area contributed by atoms with Gasteiger partial charge < -0.3 is 10.4 Å². The lowest BCUT2D eigenvalue weighted by atomic mass is 9.89. The fraction of sp³-hybridized carbons (Fsp3) is 0.538. The van der Waals surface area contributed by atoms with Crippen molar-refractivity contribution in [2.45, 2.75) is 31.8 Å². The van der Waals surface area contributed by atoms with Gasteiger partial charge in [-0.25, -0.2) is 8.42 Å². The average Bonchev–Trinajstić information content (AvgIpc) is 2.33. The minimum atomic E-state index is -3.71. The Morgan fingerprint density at radius 1 is 1.38 bits per heavy atom. The second-order valence-corrected chi connectivity index (χ2v) is 7.96. The fourth-order valence-corrected chi connectivity index (χ4v) is 2.46. The number of nitrogens with zero attached hydrogens (tertiary/aromatic N) is 1. The third-order valence-corrected chi connectivity index (χ3v) is 4.18. The first-order chi connectivity index (χ1) is 9.43. The van der Waals surface area contributed by atoms with E-state index in [1.807, 2.05) is 20.8 Å². The molecule has 1 aromatic rings. The zero-order valence-corrected chi connectivity index (χ0v) is 13.3. The molecule has 8 heteroatoms. The van der Waals surface area contributed by atoms with Crippen LogP contribution in [-0.2, 0) is 9.84 Å². The van der Waals surface area contributed by atoms with Crippen molar-refractivity contribution < 1.29 is 18.4 Å². The zero-order chi connectivity index (χ0) is 16.4. The molecule has 7 nitrogen and oxygen atoms in total. The normalized spacial score (nSPS) is 13.8. The van der Waals surface area contributed by atoms with Crippen LogP contribution in [-0.4, -0.2) is 37.4 Å². The largest absolute Gasteiger partial charge is 0.391 e. The first-order valence-electron chi connectivity index (χ1n) is 6.33. The number of benzene rings is 1. The Hall–Kier alpha value is -1.67. The summed E-state index contributed by atoms with van der Waals surface area (Å²) in [7, 11) is -3.71. The molecular weight excluding hydrogens is 296 g/mol. The van der Waals surface area contributed by atoms with Crippen molar-refractivity contribution in [3.8, 4) is 0 Å². The Balaban J connectivity index is 3.05. The van der Waals surface area contributed by atoms with Crippen molar-refractivity contribution in [3.63, 3.8) is 0 Å². The first kappa shape index (κ1) is 17.4. The Morgan fingerprint density at radius 3 is 2.38 bits per heavy atom. The lowest BCUT2D eigenvalue weighted by Crippen LogP contribution is -2.32. The molecule has 0 saturated heterocycles. The highest BCUT2D eigenvalue weighted by molar-refractivity contribution is 7.90. The second-order valence-electron chi connectivity index (χ2n) is 5.97. The molecule has 1 aromatic carbocycles. The third-order valence-electron chi connectivity index (χ3n) is 3.06. The van der Waals surface area contributed by atoms with Crippen LogP contribution in [0, 0.1) is 15.5 Å². The van der Waals surface area contributed by atoms with Gasteiger partial charge in [0.05, 0.1) is 11.0 Å². The van der Waals surface area contributed by atoms with Crippen LogP contribution in [0.5, 0.6) is 0 Å². The van der Waals surface area contributed by atoms with Crippen LogP contribution in [0.3, 0.4) is 0 Å². The van der Waals surface area contributed by atoms with Gasteiger partial charge in [0.1, 0.15) is 4.90 Å². The maximum atomic E-state index is 11.6. The summed E-state index contributed by atoms with van der Waals surface area (Å²) in [6, 6.07) is 3.77. The smallest absolute Gasteiger partial charge is 0.288 e. The zero-order valence-electron chi connectivity index (χ0n) is 12.5. The van der Waals surface area contributed by atoms with Crippen molar-refractivity contribution in [1.82, 2.24) is 0 Å². The molecule has 1 atom stereocenters. The van der Waals surface area contributed by atoms with Crippen LogP contribution in [0.1, 0.15) is 20.8 Å². The molecule has 0 bridgehead atoms. The molecule has 0 fully saturated rings. The number of hydrogen-bond donors (Lipinski definition) is 2. The van der Waals surface area contributed by atoms with E-state index in [4.69, 9.17) is 0 Å². The Morgan fingerprint density at radius 2 is 1.95 bits per heavy atom. The summed E-state index contributed by atoms with van der Waals surface area (Å²) in [4.78, 5) is 9.78. The van der Waals surface area contributed by atoms with Gasteiger partial charge in [0.15, 0.2) is 9.84 Å². The summed E-state index contributed by atoms with van der Waals surface area (Å²) < 4.78 is 23.3. The van der Waals surface area contributed by atoms with Gasteiger partial charge in [0, 0.05) is 24.6 Å². The number of sulfone groups is 1. The van der Waals surface area contributed by atoms with E-state index < -0.39 is 26.6 Å². The van der Waals surface area contributed by atoms with Crippen LogP contribution in [0.4, 0.5) is 11.4 Å². The number of anilines is 1. The number of nitro benzene ring substituents is 1. The van der Waals surface area contributed by atoms with Crippen molar-refractivity contribution in [2.75, 3.05) is 18.1 Å². The summed E-state index contributed by atoms with van der Waals surface area (Å²) in [6.07, 6.45) is 0.276. The number of rotatable bonds is 5. The fourth-order valence-electron chi connectivity index (χ4n) is 1.59. The second kappa shape index (κ2) is 5.98. The van der Waals surface area contributed by atoms with Crippen LogP contribution in [0.25, 0.3) is 0 Å². The molecule has 0 amide bonds. The summed E-state index contributed by atoms with van der Waals surface area (Å²) in [5.74, 6) is 0. The standard InChI is InChI=1S/C13H20N2O5S/c1-13(2,3)12(16)8-14-9-5-6-10(15(17)18)11(7-9)21(4,19)20/h5-7,12,14,16H,8H2,1-4H3. The third kappa shape index (κ3) is 4.68. The van der Waals surface area contributed by atoms with E-state index in [0.717, 1.165) is 12.3 Å². The highest BCUT2D eigenvalue weighted by Gasteiger charge is 2.24. The minimum absolute atomic E-state index is 0.213. The van der Waals surface area contributed by atoms with E-state index in [1.165, 1.54) is 12.1 Å². The molecule has 118 valence electrons. The van der Waals surface area contributed by atoms with Gasteiger partial charge in [-0.05, 0) is 17.5 Å². The molecular formula is C13H20N2O5S. The van der Waals surface area contributed by atoms with Gasteiger partial charge in [-0.2, -0.15) is 0 Å². The summed E-state index contributed by atoms with van der Waals surface area (Å²) >= 11 is 0. The van der Waals surface area contributed by atoms with Gasteiger partial charge in [-0.3, -0.25) is 10.1 Å². The van der Waals surface area contributed by atoms with Crippen LogP contribution in [0.2, 0.25) is 0 Å². The van der Waals surface area contributed by atoms with E-state index in [2.05, 4.69) is 5.32 Å². The van der Waals surface area contributed by atoms with Crippen molar-refractivity contribution in [3.05, 3.63) is 28.3 Å². The molecule has 0 aliphatic carbocycles.